The van der Waals surface area contributed by atoms with E-state index in [0.29, 0.717) is 13.0 Å². The minimum Gasteiger partial charge on any atom is -0.481 e. The number of carbonyl (C=O) groups is 1. The molecule has 0 fully saturated rings. The summed E-state index contributed by atoms with van der Waals surface area (Å²) in [5, 5.41) is 14.5. The Bertz CT molecular complexity index is 405. The standard InChI is InChI=1S/C10H17N3O3/c1-10(2,4-3-8(14)15)5-6-13-7-11-12-9(13)16/h7H,3-6H2,1-2H3,(H,12,16)(H,14,15). The number of aryl methyl sites for hydroxylation is 1. The Morgan fingerprint density at radius 1 is 1.56 bits per heavy atom. The zero-order valence-electron chi connectivity index (χ0n) is 9.56. The lowest BCUT2D eigenvalue weighted by Gasteiger charge is -2.23. The predicted octanol–water partition coefficient (Wildman–Crippen LogP) is 0.853. The van der Waals surface area contributed by atoms with Gasteiger partial charge in [-0.2, -0.15) is 5.10 Å². The molecule has 1 aromatic heterocycles. The van der Waals surface area contributed by atoms with Crippen LogP contribution in [-0.2, 0) is 11.3 Å². The number of aliphatic carboxylic acids is 1. The third kappa shape index (κ3) is 3.88. The summed E-state index contributed by atoms with van der Waals surface area (Å²) in [6.45, 7) is 4.56. The van der Waals surface area contributed by atoms with Gasteiger partial charge < -0.3 is 5.11 Å². The monoisotopic (exact) mass is 227 g/mol. The van der Waals surface area contributed by atoms with Crippen LogP contribution in [0, 0.1) is 5.41 Å². The maximum Gasteiger partial charge on any atom is 0.343 e. The minimum atomic E-state index is -0.784. The Labute approximate surface area is 93.3 Å². The number of hydrogen-bond donors (Lipinski definition) is 2. The predicted molar refractivity (Wildman–Crippen MR) is 58.1 cm³/mol. The summed E-state index contributed by atoms with van der Waals surface area (Å²) in [4.78, 5) is 21.6. The van der Waals surface area contributed by atoms with E-state index in [9.17, 15) is 9.59 Å². The van der Waals surface area contributed by atoms with Gasteiger partial charge in [-0.25, -0.2) is 9.89 Å². The summed E-state index contributed by atoms with van der Waals surface area (Å²) in [6.07, 6.45) is 2.97. The molecule has 0 saturated carbocycles. The van der Waals surface area contributed by atoms with Crippen molar-refractivity contribution in [3.63, 3.8) is 0 Å². The largest absolute Gasteiger partial charge is 0.481 e. The van der Waals surface area contributed by atoms with Crippen molar-refractivity contribution in [1.82, 2.24) is 14.8 Å². The summed E-state index contributed by atoms with van der Waals surface area (Å²) < 4.78 is 1.49. The number of aromatic nitrogens is 3. The third-order valence-corrected chi connectivity index (χ3v) is 2.66. The molecule has 0 bridgehead atoms. The quantitative estimate of drug-likeness (QED) is 0.754. The number of hydrogen-bond acceptors (Lipinski definition) is 3. The van der Waals surface area contributed by atoms with Crippen LogP contribution in [0.4, 0.5) is 0 Å². The van der Waals surface area contributed by atoms with E-state index >= 15 is 0 Å². The summed E-state index contributed by atoms with van der Waals surface area (Å²) in [6, 6.07) is 0. The molecule has 1 aromatic rings. The molecule has 6 heteroatoms. The highest BCUT2D eigenvalue weighted by atomic mass is 16.4. The number of nitrogens with zero attached hydrogens (tertiary/aromatic N) is 2. The van der Waals surface area contributed by atoms with Crippen LogP contribution in [0.25, 0.3) is 0 Å². The summed E-state index contributed by atoms with van der Waals surface area (Å²) in [5.41, 5.74) is -0.316. The zero-order valence-corrected chi connectivity index (χ0v) is 9.56. The van der Waals surface area contributed by atoms with Gasteiger partial charge >= 0.3 is 11.7 Å². The van der Waals surface area contributed by atoms with Crippen LogP contribution >= 0.6 is 0 Å². The molecule has 90 valence electrons. The molecule has 0 saturated heterocycles. The Kier molecular flexibility index (Phi) is 3.87. The van der Waals surface area contributed by atoms with Crippen LogP contribution in [0.5, 0.6) is 0 Å². The Morgan fingerprint density at radius 3 is 2.75 bits per heavy atom. The number of H-pyrrole nitrogens is 1. The first-order valence-electron chi connectivity index (χ1n) is 5.22. The lowest BCUT2D eigenvalue weighted by Crippen LogP contribution is -2.21. The molecular weight excluding hydrogens is 210 g/mol. The van der Waals surface area contributed by atoms with E-state index in [2.05, 4.69) is 10.2 Å². The molecule has 0 radical (unpaired) electrons. The van der Waals surface area contributed by atoms with Crippen LogP contribution in [0.3, 0.4) is 0 Å². The summed E-state index contributed by atoms with van der Waals surface area (Å²) in [7, 11) is 0. The van der Waals surface area contributed by atoms with E-state index in [1.54, 1.807) is 0 Å². The van der Waals surface area contributed by atoms with E-state index < -0.39 is 5.97 Å². The van der Waals surface area contributed by atoms with Gasteiger partial charge in [0, 0.05) is 13.0 Å². The summed E-state index contributed by atoms with van der Waals surface area (Å²) >= 11 is 0. The molecule has 0 spiro atoms. The fourth-order valence-corrected chi connectivity index (χ4v) is 1.42. The van der Waals surface area contributed by atoms with Crippen molar-refractivity contribution < 1.29 is 9.90 Å². The molecule has 0 aromatic carbocycles. The van der Waals surface area contributed by atoms with Crippen LogP contribution in [-0.4, -0.2) is 25.8 Å². The first-order valence-corrected chi connectivity index (χ1v) is 5.22. The number of aromatic amines is 1. The average molecular weight is 227 g/mol. The molecule has 2 N–H and O–H groups in total. The van der Waals surface area contributed by atoms with Crippen molar-refractivity contribution in [3.8, 4) is 0 Å². The van der Waals surface area contributed by atoms with Crippen molar-refractivity contribution in [2.45, 2.75) is 39.7 Å². The van der Waals surface area contributed by atoms with Crippen molar-refractivity contribution in [3.05, 3.63) is 16.8 Å². The molecule has 6 nitrogen and oxygen atoms in total. The van der Waals surface area contributed by atoms with Crippen LogP contribution < -0.4 is 5.69 Å². The van der Waals surface area contributed by atoms with Gasteiger partial charge in [0.1, 0.15) is 6.33 Å². The van der Waals surface area contributed by atoms with Crippen molar-refractivity contribution in [2.24, 2.45) is 5.41 Å². The lowest BCUT2D eigenvalue weighted by molar-refractivity contribution is -0.137. The molecule has 0 unspecified atom stereocenters. The second-order valence-electron chi connectivity index (χ2n) is 4.66. The van der Waals surface area contributed by atoms with Gasteiger partial charge in [-0.05, 0) is 18.3 Å². The molecule has 1 heterocycles. The van der Waals surface area contributed by atoms with Gasteiger partial charge in [0.2, 0.25) is 0 Å². The number of carboxylic acid groups (broad SMARTS) is 1. The number of nitrogens with one attached hydrogen (secondary N) is 1. The fraction of sp³-hybridized carbons (Fsp3) is 0.700. The Morgan fingerprint density at radius 2 is 2.25 bits per heavy atom. The Hall–Kier alpha value is -1.59. The van der Waals surface area contributed by atoms with Crippen LogP contribution in [0.2, 0.25) is 0 Å². The van der Waals surface area contributed by atoms with E-state index in [1.807, 2.05) is 13.8 Å². The van der Waals surface area contributed by atoms with Gasteiger partial charge in [-0.1, -0.05) is 13.8 Å². The first kappa shape index (κ1) is 12.5. The maximum absolute atomic E-state index is 11.2. The van der Waals surface area contributed by atoms with Gasteiger partial charge in [0.05, 0.1) is 0 Å². The van der Waals surface area contributed by atoms with E-state index in [-0.39, 0.29) is 17.5 Å². The fourth-order valence-electron chi connectivity index (χ4n) is 1.42. The smallest absolute Gasteiger partial charge is 0.343 e. The maximum atomic E-state index is 11.2. The molecular formula is C10H17N3O3. The normalized spacial score (nSPS) is 11.6. The molecule has 16 heavy (non-hydrogen) atoms. The highest BCUT2D eigenvalue weighted by Crippen LogP contribution is 2.26. The molecule has 0 aliphatic rings. The average Bonchev–Trinajstić information content (AvgIpc) is 2.59. The topological polar surface area (TPSA) is 88.0 Å². The van der Waals surface area contributed by atoms with Gasteiger partial charge in [0.15, 0.2) is 0 Å². The number of carboxylic acids is 1. The molecule has 0 aliphatic heterocycles. The van der Waals surface area contributed by atoms with Gasteiger partial charge in [0.25, 0.3) is 0 Å². The molecule has 0 atom stereocenters. The molecule has 0 amide bonds. The van der Waals surface area contributed by atoms with Crippen molar-refractivity contribution in [2.75, 3.05) is 0 Å². The van der Waals surface area contributed by atoms with E-state index in [4.69, 9.17) is 5.11 Å². The first-order chi connectivity index (χ1) is 7.41. The Balaban J connectivity index is 2.44. The van der Waals surface area contributed by atoms with Crippen LogP contribution in [0.1, 0.15) is 33.1 Å². The third-order valence-electron chi connectivity index (χ3n) is 2.66. The van der Waals surface area contributed by atoms with Crippen molar-refractivity contribution in [1.29, 1.82) is 0 Å². The lowest BCUT2D eigenvalue weighted by atomic mass is 9.84. The van der Waals surface area contributed by atoms with Gasteiger partial charge in [-0.3, -0.25) is 9.36 Å². The zero-order chi connectivity index (χ0) is 12.2. The van der Waals surface area contributed by atoms with Gasteiger partial charge in [-0.15, -0.1) is 0 Å². The van der Waals surface area contributed by atoms with Crippen molar-refractivity contribution >= 4 is 5.97 Å². The van der Waals surface area contributed by atoms with E-state index in [0.717, 1.165) is 6.42 Å². The summed E-state index contributed by atoms with van der Waals surface area (Å²) in [5.74, 6) is -0.784. The van der Waals surface area contributed by atoms with E-state index in [1.165, 1.54) is 10.9 Å². The van der Waals surface area contributed by atoms with Crippen LogP contribution in [0.15, 0.2) is 11.1 Å². The molecule has 1 rings (SSSR count). The molecule has 0 aliphatic carbocycles. The SMILES string of the molecule is CC(C)(CCC(=O)O)CCn1cn[nH]c1=O. The minimum absolute atomic E-state index is 0.0882. The highest BCUT2D eigenvalue weighted by molar-refractivity contribution is 5.66. The number of rotatable bonds is 6. The second kappa shape index (κ2) is 4.96. The second-order valence-corrected chi connectivity index (χ2v) is 4.66. The highest BCUT2D eigenvalue weighted by Gasteiger charge is 2.19.